The number of likely N-dealkylation sites (tertiary alicyclic amines) is 1. The Balaban J connectivity index is 1.53. The fourth-order valence-corrected chi connectivity index (χ4v) is 4.09. The lowest BCUT2D eigenvalue weighted by Crippen LogP contribution is -2.53. The van der Waals surface area contributed by atoms with Crippen LogP contribution in [0.1, 0.15) is 32.1 Å². The second kappa shape index (κ2) is 7.79. The zero-order valence-electron chi connectivity index (χ0n) is 15.0. The minimum atomic E-state index is -0.645. The van der Waals surface area contributed by atoms with Crippen molar-refractivity contribution in [3.05, 3.63) is 0 Å². The molecule has 3 atom stereocenters. The summed E-state index contributed by atoms with van der Waals surface area (Å²) in [6.07, 6.45) is 1.73. The number of amides is 3. The number of ether oxygens (including phenoxy) is 2. The number of aliphatic hydroxyl groups excluding tert-OH is 1. The van der Waals surface area contributed by atoms with E-state index < -0.39 is 17.7 Å². The topological polar surface area (TPSA) is 117 Å². The summed E-state index contributed by atoms with van der Waals surface area (Å²) in [6, 6.07) is -0.434. The summed E-state index contributed by atoms with van der Waals surface area (Å²) >= 11 is 0. The van der Waals surface area contributed by atoms with Gasteiger partial charge in [0, 0.05) is 39.0 Å². The Kier molecular flexibility index (Phi) is 5.67. The van der Waals surface area contributed by atoms with Crippen molar-refractivity contribution < 1.29 is 29.0 Å². The van der Waals surface area contributed by atoms with Crippen LogP contribution in [-0.2, 0) is 19.1 Å². The van der Waals surface area contributed by atoms with Crippen LogP contribution in [0.15, 0.2) is 0 Å². The standard InChI is InChI=1S/C17H27N3O6/c1-25-9-14(22)19-12-8-11(2-3-13(12)21)15(23)20-6-4-17(5-7-20)10-18-16(24)26-17/h11-13,21H,2-10H2,1H3,(H,18,24)(H,19,22)/t11-,12+,13+/m0/s1. The highest BCUT2D eigenvalue weighted by atomic mass is 16.6. The van der Waals surface area contributed by atoms with Gasteiger partial charge in [0.2, 0.25) is 11.8 Å². The molecule has 9 nitrogen and oxygen atoms in total. The lowest BCUT2D eigenvalue weighted by atomic mass is 9.82. The van der Waals surface area contributed by atoms with E-state index >= 15 is 0 Å². The summed E-state index contributed by atoms with van der Waals surface area (Å²) in [5.74, 6) is -0.459. The molecule has 1 saturated carbocycles. The van der Waals surface area contributed by atoms with Gasteiger partial charge in [0.1, 0.15) is 12.2 Å². The average molecular weight is 369 g/mol. The number of carbonyl (C=O) groups excluding carboxylic acids is 3. The lowest BCUT2D eigenvalue weighted by Gasteiger charge is -2.40. The van der Waals surface area contributed by atoms with Gasteiger partial charge in [0.15, 0.2) is 0 Å². The molecule has 0 unspecified atom stereocenters. The van der Waals surface area contributed by atoms with Crippen molar-refractivity contribution >= 4 is 17.9 Å². The van der Waals surface area contributed by atoms with E-state index in [1.54, 1.807) is 0 Å². The fraction of sp³-hybridized carbons (Fsp3) is 0.824. The molecule has 1 aliphatic carbocycles. The van der Waals surface area contributed by atoms with Gasteiger partial charge >= 0.3 is 6.09 Å². The Morgan fingerprint density at radius 2 is 2.12 bits per heavy atom. The van der Waals surface area contributed by atoms with E-state index in [0.29, 0.717) is 51.7 Å². The number of carbonyl (C=O) groups is 3. The molecular formula is C17H27N3O6. The van der Waals surface area contributed by atoms with E-state index in [0.717, 1.165) is 0 Å². The monoisotopic (exact) mass is 369 g/mol. The summed E-state index contributed by atoms with van der Waals surface area (Å²) in [5, 5.41) is 15.6. The Morgan fingerprint density at radius 1 is 1.38 bits per heavy atom. The summed E-state index contributed by atoms with van der Waals surface area (Å²) in [4.78, 5) is 37.7. The molecule has 3 fully saturated rings. The van der Waals surface area contributed by atoms with Crippen molar-refractivity contribution in [2.45, 2.75) is 49.9 Å². The summed E-state index contributed by atoms with van der Waals surface area (Å²) in [6.45, 7) is 1.53. The van der Waals surface area contributed by atoms with Crippen LogP contribution in [0.25, 0.3) is 0 Å². The van der Waals surface area contributed by atoms with Gasteiger partial charge in [-0.15, -0.1) is 0 Å². The van der Waals surface area contributed by atoms with Crippen LogP contribution in [0.3, 0.4) is 0 Å². The molecule has 0 aromatic carbocycles. The number of alkyl carbamates (subject to hydrolysis) is 1. The molecule has 3 rings (SSSR count). The first kappa shape index (κ1) is 18.9. The zero-order valence-corrected chi connectivity index (χ0v) is 15.0. The van der Waals surface area contributed by atoms with E-state index in [2.05, 4.69) is 10.6 Å². The third kappa shape index (κ3) is 4.09. The maximum absolute atomic E-state index is 12.9. The second-order valence-corrected chi connectivity index (χ2v) is 7.44. The van der Waals surface area contributed by atoms with E-state index in [4.69, 9.17) is 9.47 Å². The number of hydrogen-bond donors (Lipinski definition) is 3. The first-order valence-electron chi connectivity index (χ1n) is 9.14. The molecule has 2 heterocycles. The highest BCUT2D eigenvalue weighted by Gasteiger charge is 2.45. The highest BCUT2D eigenvalue weighted by Crippen LogP contribution is 2.32. The maximum Gasteiger partial charge on any atom is 0.407 e. The Morgan fingerprint density at radius 3 is 2.73 bits per heavy atom. The first-order chi connectivity index (χ1) is 12.4. The third-order valence-corrected chi connectivity index (χ3v) is 5.64. The van der Waals surface area contributed by atoms with Gasteiger partial charge in [-0.05, 0) is 19.3 Å². The molecule has 0 aromatic rings. The van der Waals surface area contributed by atoms with Crippen molar-refractivity contribution in [3.63, 3.8) is 0 Å². The van der Waals surface area contributed by atoms with E-state index in [-0.39, 0.29) is 30.4 Å². The minimum absolute atomic E-state index is 0.0509. The summed E-state index contributed by atoms with van der Waals surface area (Å²) < 4.78 is 10.2. The molecule has 26 heavy (non-hydrogen) atoms. The van der Waals surface area contributed by atoms with Gasteiger partial charge in [0.25, 0.3) is 0 Å². The molecule has 3 amide bonds. The van der Waals surface area contributed by atoms with Crippen LogP contribution in [-0.4, -0.2) is 79.0 Å². The van der Waals surface area contributed by atoms with Crippen LogP contribution in [0, 0.1) is 5.92 Å². The first-order valence-corrected chi connectivity index (χ1v) is 9.14. The smallest absolute Gasteiger partial charge is 0.407 e. The van der Waals surface area contributed by atoms with Crippen molar-refractivity contribution in [1.29, 1.82) is 0 Å². The molecule has 2 aliphatic heterocycles. The number of piperidine rings is 1. The number of rotatable bonds is 4. The summed E-state index contributed by atoms with van der Waals surface area (Å²) in [5.41, 5.74) is -0.479. The summed E-state index contributed by atoms with van der Waals surface area (Å²) in [7, 11) is 1.43. The normalized spacial score (nSPS) is 30.6. The van der Waals surface area contributed by atoms with Crippen molar-refractivity contribution in [2.75, 3.05) is 33.4 Å². The SMILES string of the molecule is COCC(=O)N[C@@H]1C[C@@H](C(=O)N2CCC3(CC2)CNC(=O)O3)CC[C@H]1O. The Bertz CT molecular complexity index is 561. The number of aliphatic hydroxyl groups is 1. The van der Waals surface area contributed by atoms with Gasteiger partial charge in [0.05, 0.1) is 18.7 Å². The maximum atomic E-state index is 12.9. The van der Waals surface area contributed by atoms with Gasteiger partial charge in [-0.3, -0.25) is 9.59 Å². The van der Waals surface area contributed by atoms with Gasteiger partial charge < -0.3 is 30.1 Å². The van der Waals surface area contributed by atoms with Gasteiger partial charge in [-0.2, -0.15) is 0 Å². The molecule has 2 saturated heterocycles. The zero-order chi connectivity index (χ0) is 18.7. The molecule has 0 radical (unpaired) electrons. The van der Waals surface area contributed by atoms with Crippen LogP contribution in [0.2, 0.25) is 0 Å². The average Bonchev–Trinajstić information content (AvgIpc) is 2.97. The molecule has 146 valence electrons. The number of nitrogens with one attached hydrogen (secondary N) is 2. The molecular weight excluding hydrogens is 342 g/mol. The van der Waals surface area contributed by atoms with E-state index in [1.165, 1.54) is 7.11 Å². The number of nitrogens with zero attached hydrogens (tertiary/aromatic N) is 1. The van der Waals surface area contributed by atoms with Gasteiger partial charge in [-0.25, -0.2) is 4.79 Å². The van der Waals surface area contributed by atoms with E-state index in [9.17, 15) is 19.5 Å². The molecule has 9 heteroatoms. The largest absolute Gasteiger partial charge is 0.441 e. The van der Waals surface area contributed by atoms with Crippen LogP contribution >= 0.6 is 0 Å². The predicted molar refractivity (Wildman–Crippen MR) is 90.2 cm³/mol. The quantitative estimate of drug-likeness (QED) is 0.608. The number of methoxy groups -OCH3 is 1. The van der Waals surface area contributed by atoms with Crippen molar-refractivity contribution in [3.8, 4) is 0 Å². The van der Waals surface area contributed by atoms with Crippen LogP contribution in [0.5, 0.6) is 0 Å². The Labute approximate surface area is 152 Å². The molecule has 0 aromatic heterocycles. The third-order valence-electron chi connectivity index (χ3n) is 5.64. The lowest BCUT2D eigenvalue weighted by molar-refractivity contribution is -0.142. The molecule has 3 aliphatic rings. The predicted octanol–water partition coefficient (Wildman–Crippen LogP) is -0.620. The second-order valence-electron chi connectivity index (χ2n) is 7.44. The van der Waals surface area contributed by atoms with Crippen molar-refractivity contribution in [1.82, 2.24) is 15.5 Å². The van der Waals surface area contributed by atoms with Gasteiger partial charge in [-0.1, -0.05) is 0 Å². The highest BCUT2D eigenvalue weighted by molar-refractivity contribution is 5.80. The Hall–Kier alpha value is -1.87. The molecule has 0 bridgehead atoms. The number of hydrogen-bond acceptors (Lipinski definition) is 6. The van der Waals surface area contributed by atoms with Crippen LogP contribution in [0.4, 0.5) is 4.79 Å². The van der Waals surface area contributed by atoms with Crippen LogP contribution < -0.4 is 10.6 Å². The fourth-order valence-electron chi connectivity index (χ4n) is 4.09. The molecule has 1 spiro atoms. The molecule has 3 N–H and O–H groups in total. The van der Waals surface area contributed by atoms with Crippen molar-refractivity contribution in [2.24, 2.45) is 5.92 Å². The minimum Gasteiger partial charge on any atom is -0.441 e. The van der Waals surface area contributed by atoms with E-state index in [1.807, 2.05) is 4.90 Å².